The van der Waals surface area contributed by atoms with Gasteiger partial charge in [-0.2, -0.15) is 5.26 Å². The Labute approximate surface area is 146 Å². The van der Waals surface area contributed by atoms with E-state index in [0.29, 0.717) is 17.3 Å². The van der Waals surface area contributed by atoms with Crippen molar-refractivity contribution in [2.75, 3.05) is 23.3 Å². The van der Waals surface area contributed by atoms with Crippen LogP contribution in [-0.2, 0) is 0 Å². The second-order valence-electron chi connectivity index (χ2n) is 6.30. The molecule has 0 radical (unpaired) electrons. The Hall–Kier alpha value is -3.07. The summed E-state index contributed by atoms with van der Waals surface area (Å²) in [6.07, 6.45) is 2.30. The fraction of sp³-hybridized carbons (Fsp3) is 0.316. The maximum absolute atomic E-state index is 9.45. The van der Waals surface area contributed by atoms with Crippen molar-refractivity contribution in [3.63, 3.8) is 0 Å². The molecule has 25 heavy (non-hydrogen) atoms. The van der Waals surface area contributed by atoms with Crippen LogP contribution in [0.1, 0.15) is 29.7 Å². The van der Waals surface area contributed by atoms with E-state index in [0.717, 1.165) is 54.1 Å². The van der Waals surface area contributed by atoms with Crippen LogP contribution in [0.4, 0.5) is 17.5 Å². The number of nitriles is 1. The number of anilines is 3. The van der Waals surface area contributed by atoms with Crippen molar-refractivity contribution in [3.05, 3.63) is 41.2 Å². The zero-order chi connectivity index (χ0) is 17.4. The highest BCUT2D eigenvalue weighted by atomic mass is 16.4. The molecule has 6 nitrogen and oxygen atoms in total. The van der Waals surface area contributed by atoms with Gasteiger partial charge in [-0.1, -0.05) is 12.1 Å². The number of aromatic nitrogens is 2. The first-order valence-electron chi connectivity index (χ1n) is 8.46. The standard InChI is InChI=1S/C19H19N5O/c1-12-13(2)25-19(14(12)11-20)23-17-18(24-9-5-6-10-24)22-16-8-4-3-7-15(16)21-17/h3-4,7-8H,5-6,9-10H2,1-2H3,(H,21,23). The van der Waals surface area contributed by atoms with Crippen LogP contribution in [0.15, 0.2) is 28.7 Å². The first-order valence-corrected chi connectivity index (χ1v) is 8.46. The number of fused-ring (bicyclic) bond motifs is 1. The van der Waals surface area contributed by atoms with Crippen molar-refractivity contribution in [2.45, 2.75) is 26.7 Å². The molecule has 1 aromatic carbocycles. The van der Waals surface area contributed by atoms with Crippen LogP contribution in [0.3, 0.4) is 0 Å². The quantitative estimate of drug-likeness (QED) is 0.779. The van der Waals surface area contributed by atoms with Gasteiger partial charge < -0.3 is 14.6 Å². The summed E-state index contributed by atoms with van der Waals surface area (Å²) in [6, 6.07) is 10.0. The number of benzene rings is 1. The largest absolute Gasteiger partial charge is 0.444 e. The van der Waals surface area contributed by atoms with Crippen LogP contribution in [0.5, 0.6) is 0 Å². The summed E-state index contributed by atoms with van der Waals surface area (Å²) in [4.78, 5) is 11.8. The molecule has 1 N–H and O–H groups in total. The second-order valence-corrected chi connectivity index (χ2v) is 6.30. The first kappa shape index (κ1) is 15.5. The number of rotatable bonds is 3. The minimum Gasteiger partial charge on any atom is -0.444 e. The predicted octanol–water partition coefficient (Wildman–Crippen LogP) is 4.06. The van der Waals surface area contributed by atoms with Gasteiger partial charge in [0, 0.05) is 18.7 Å². The lowest BCUT2D eigenvalue weighted by Gasteiger charge is -2.20. The molecule has 0 amide bonds. The third-order valence-corrected chi connectivity index (χ3v) is 4.69. The summed E-state index contributed by atoms with van der Waals surface area (Å²) in [5, 5.41) is 12.7. The maximum Gasteiger partial charge on any atom is 0.216 e. The van der Waals surface area contributed by atoms with E-state index >= 15 is 0 Å². The molecule has 4 rings (SSSR count). The van der Waals surface area contributed by atoms with E-state index in [2.05, 4.69) is 16.3 Å². The number of para-hydroxylation sites is 2. The van der Waals surface area contributed by atoms with Crippen LogP contribution in [0, 0.1) is 25.2 Å². The molecule has 0 spiro atoms. The van der Waals surface area contributed by atoms with Crippen LogP contribution < -0.4 is 10.2 Å². The molecule has 2 aromatic heterocycles. The van der Waals surface area contributed by atoms with Gasteiger partial charge in [0.2, 0.25) is 5.88 Å². The van der Waals surface area contributed by atoms with Gasteiger partial charge in [0.05, 0.1) is 11.0 Å². The van der Waals surface area contributed by atoms with Gasteiger partial charge in [0.1, 0.15) is 17.4 Å². The van der Waals surface area contributed by atoms with Crippen molar-refractivity contribution in [3.8, 4) is 6.07 Å². The molecule has 1 aliphatic rings. The Morgan fingerprint density at radius 3 is 2.48 bits per heavy atom. The normalized spacial score (nSPS) is 14.0. The monoisotopic (exact) mass is 333 g/mol. The summed E-state index contributed by atoms with van der Waals surface area (Å²) < 4.78 is 5.75. The smallest absolute Gasteiger partial charge is 0.216 e. The minimum atomic E-state index is 0.433. The fourth-order valence-corrected chi connectivity index (χ4v) is 3.18. The molecule has 1 saturated heterocycles. The second kappa shape index (κ2) is 6.10. The number of aryl methyl sites for hydroxylation is 1. The van der Waals surface area contributed by atoms with Gasteiger partial charge in [0.15, 0.2) is 11.6 Å². The summed E-state index contributed by atoms with van der Waals surface area (Å²) in [7, 11) is 0. The van der Waals surface area contributed by atoms with Crippen LogP contribution >= 0.6 is 0 Å². The van der Waals surface area contributed by atoms with Gasteiger partial charge in [-0.25, -0.2) is 9.97 Å². The lowest BCUT2D eigenvalue weighted by Crippen LogP contribution is -2.21. The van der Waals surface area contributed by atoms with Gasteiger partial charge in [-0.05, 0) is 38.8 Å². The third kappa shape index (κ3) is 2.68. The van der Waals surface area contributed by atoms with Crippen LogP contribution in [0.25, 0.3) is 11.0 Å². The van der Waals surface area contributed by atoms with Crippen molar-refractivity contribution in [2.24, 2.45) is 0 Å². The molecular formula is C19H19N5O. The Bertz CT molecular complexity index is 979. The zero-order valence-electron chi connectivity index (χ0n) is 14.3. The minimum absolute atomic E-state index is 0.433. The third-order valence-electron chi connectivity index (χ3n) is 4.69. The SMILES string of the molecule is Cc1oc(Nc2nc3ccccc3nc2N2CCCC2)c(C#N)c1C. The van der Waals surface area contributed by atoms with Crippen molar-refractivity contribution >= 4 is 28.6 Å². The molecule has 1 aliphatic heterocycles. The average Bonchev–Trinajstić information content (AvgIpc) is 3.23. The van der Waals surface area contributed by atoms with E-state index in [4.69, 9.17) is 14.4 Å². The van der Waals surface area contributed by atoms with E-state index in [1.54, 1.807) is 0 Å². The summed E-state index contributed by atoms with van der Waals surface area (Å²) in [5.74, 6) is 2.61. The fourth-order valence-electron chi connectivity index (χ4n) is 3.18. The Kier molecular flexibility index (Phi) is 3.77. The van der Waals surface area contributed by atoms with Crippen molar-refractivity contribution in [1.82, 2.24) is 9.97 Å². The highest BCUT2D eigenvalue weighted by Gasteiger charge is 2.22. The molecule has 0 unspecified atom stereocenters. The molecule has 6 heteroatoms. The number of furan rings is 1. The van der Waals surface area contributed by atoms with Gasteiger partial charge in [0.25, 0.3) is 0 Å². The van der Waals surface area contributed by atoms with Crippen LogP contribution in [0.2, 0.25) is 0 Å². The van der Waals surface area contributed by atoms with Gasteiger partial charge in [-0.15, -0.1) is 0 Å². The molecule has 1 fully saturated rings. The highest BCUT2D eigenvalue weighted by molar-refractivity contribution is 5.82. The van der Waals surface area contributed by atoms with E-state index in [-0.39, 0.29) is 0 Å². The van der Waals surface area contributed by atoms with Crippen molar-refractivity contribution in [1.29, 1.82) is 5.26 Å². The average molecular weight is 333 g/mol. The van der Waals surface area contributed by atoms with E-state index in [1.165, 1.54) is 0 Å². The van der Waals surface area contributed by atoms with E-state index in [9.17, 15) is 5.26 Å². The zero-order valence-corrected chi connectivity index (χ0v) is 14.3. The highest BCUT2D eigenvalue weighted by Crippen LogP contribution is 2.33. The molecule has 0 atom stereocenters. The first-order chi connectivity index (χ1) is 12.2. The lowest BCUT2D eigenvalue weighted by molar-refractivity contribution is 0.548. The number of nitrogens with one attached hydrogen (secondary N) is 1. The van der Waals surface area contributed by atoms with Gasteiger partial charge in [-0.3, -0.25) is 0 Å². The lowest BCUT2D eigenvalue weighted by atomic mass is 10.2. The molecule has 0 bridgehead atoms. The van der Waals surface area contributed by atoms with Gasteiger partial charge >= 0.3 is 0 Å². The summed E-state index contributed by atoms with van der Waals surface area (Å²) >= 11 is 0. The Morgan fingerprint density at radius 2 is 1.80 bits per heavy atom. The Morgan fingerprint density at radius 1 is 1.12 bits per heavy atom. The number of nitrogens with zero attached hydrogens (tertiary/aromatic N) is 4. The topological polar surface area (TPSA) is 78.0 Å². The van der Waals surface area contributed by atoms with E-state index in [1.807, 2.05) is 38.1 Å². The number of hydrogen-bond acceptors (Lipinski definition) is 6. The van der Waals surface area contributed by atoms with Crippen molar-refractivity contribution < 1.29 is 4.42 Å². The molecular weight excluding hydrogens is 314 g/mol. The molecule has 3 heterocycles. The molecule has 0 saturated carbocycles. The Balaban J connectivity index is 1.84. The molecule has 126 valence electrons. The predicted molar refractivity (Wildman–Crippen MR) is 97.2 cm³/mol. The van der Waals surface area contributed by atoms with E-state index < -0.39 is 0 Å². The molecule has 0 aliphatic carbocycles. The summed E-state index contributed by atoms with van der Waals surface area (Å²) in [5.41, 5.74) is 3.04. The number of hydrogen-bond donors (Lipinski definition) is 1. The summed E-state index contributed by atoms with van der Waals surface area (Å²) in [6.45, 7) is 5.66. The maximum atomic E-state index is 9.45. The van der Waals surface area contributed by atoms with Crippen LogP contribution in [-0.4, -0.2) is 23.1 Å². The molecule has 3 aromatic rings.